The number of nitrogens with zero attached hydrogens (tertiary/aromatic N) is 1. The summed E-state index contributed by atoms with van der Waals surface area (Å²) >= 11 is 0. The molecule has 56 valence electrons. The third-order valence-electron chi connectivity index (χ3n) is 1.91. The first-order chi connectivity index (χ1) is 6.50. The van der Waals surface area contributed by atoms with E-state index in [1.165, 1.54) is 4.57 Å². The summed E-state index contributed by atoms with van der Waals surface area (Å²) in [5.74, 6) is 0. The highest BCUT2D eigenvalue weighted by molar-refractivity contribution is 5.83. The van der Waals surface area contributed by atoms with Crippen molar-refractivity contribution in [3.8, 4) is 0 Å². The quantitative estimate of drug-likeness (QED) is 0.541. The Morgan fingerprint density at radius 3 is 3.00 bits per heavy atom. The first kappa shape index (κ1) is 3.96. The van der Waals surface area contributed by atoms with Crippen LogP contribution >= 0.6 is 0 Å². The van der Waals surface area contributed by atoms with E-state index in [0.717, 1.165) is 16.5 Å². The van der Waals surface area contributed by atoms with Gasteiger partial charge in [0.1, 0.15) is 0 Å². The lowest BCUT2D eigenvalue weighted by molar-refractivity contribution is 0.964. The number of rotatable bonds is 0. The Hall–Kier alpha value is -1.24. The molecular weight excluding hydrogens is 134 g/mol. The molecule has 0 aliphatic heterocycles. The molecular formula is C10H11N. The Kier molecular flexibility index (Phi) is 0.764. The lowest BCUT2D eigenvalue weighted by Crippen LogP contribution is -1.81. The van der Waals surface area contributed by atoms with Crippen molar-refractivity contribution in [2.24, 2.45) is 6.98 Å². The molecule has 0 spiro atoms. The van der Waals surface area contributed by atoms with Crippen molar-refractivity contribution < 1.29 is 4.11 Å². The predicted octanol–water partition coefficient (Wildman–Crippen LogP) is 2.49. The van der Waals surface area contributed by atoms with Crippen LogP contribution in [0.25, 0.3) is 10.9 Å². The van der Waals surface area contributed by atoms with Crippen LogP contribution in [0.4, 0.5) is 0 Å². The van der Waals surface area contributed by atoms with Crippen LogP contribution in [0.3, 0.4) is 0 Å². The molecule has 0 aliphatic carbocycles. The highest BCUT2D eigenvalue weighted by atomic mass is 14.9. The first-order valence-corrected chi connectivity index (χ1v) is 3.57. The second-order valence-corrected chi connectivity index (χ2v) is 2.70. The molecule has 0 aliphatic rings. The average molecular weight is 148 g/mol. The molecule has 0 N–H and O–H groups in total. The molecule has 0 saturated heterocycles. The number of para-hydroxylation sites is 1. The van der Waals surface area contributed by atoms with E-state index < -0.39 is 6.98 Å². The maximum Gasteiger partial charge on any atom is 0.0480 e. The van der Waals surface area contributed by atoms with Gasteiger partial charge < -0.3 is 4.57 Å². The average Bonchev–Trinajstić information content (AvgIpc) is 2.44. The van der Waals surface area contributed by atoms with Gasteiger partial charge in [0.05, 0.1) is 0 Å². The van der Waals surface area contributed by atoms with Gasteiger partial charge in [-0.05, 0) is 18.6 Å². The highest BCUT2D eigenvalue weighted by Gasteiger charge is 1.98. The smallest absolute Gasteiger partial charge is 0.0480 e. The molecule has 0 amide bonds. The molecule has 1 heteroatoms. The second-order valence-electron chi connectivity index (χ2n) is 2.70. The molecule has 0 radical (unpaired) electrons. The van der Waals surface area contributed by atoms with Gasteiger partial charge in [-0.15, -0.1) is 0 Å². The number of aryl methyl sites for hydroxylation is 2. The van der Waals surface area contributed by atoms with Crippen molar-refractivity contribution in [3.63, 3.8) is 0 Å². The van der Waals surface area contributed by atoms with Crippen molar-refractivity contribution in [1.82, 2.24) is 4.57 Å². The summed E-state index contributed by atoms with van der Waals surface area (Å²) in [6, 6.07) is 7.53. The molecule has 2 aromatic rings. The van der Waals surface area contributed by atoms with E-state index in [2.05, 4.69) is 0 Å². The van der Waals surface area contributed by atoms with Crippen LogP contribution in [-0.4, -0.2) is 4.57 Å². The van der Waals surface area contributed by atoms with E-state index in [1.54, 1.807) is 6.20 Å². The number of aromatic nitrogens is 1. The normalized spacial score (nSPS) is 15.9. The van der Waals surface area contributed by atoms with E-state index in [-0.39, 0.29) is 0 Å². The molecule has 1 nitrogen and oxygen atoms in total. The van der Waals surface area contributed by atoms with Crippen LogP contribution in [0.5, 0.6) is 0 Å². The van der Waals surface area contributed by atoms with E-state index in [4.69, 9.17) is 4.11 Å². The van der Waals surface area contributed by atoms with Crippen LogP contribution in [0.15, 0.2) is 30.5 Å². The minimum atomic E-state index is -2.09. The maximum absolute atomic E-state index is 7.36. The van der Waals surface area contributed by atoms with Crippen molar-refractivity contribution in [2.75, 3.05) is 0 Å². The molecule has 2 rings (SSSR count). The molecule has 0 unspecified atom stereocenters. The third kappa shape index (κ3) is 0.845. The van der Waals surface area contributed by atoms with E-state index >= 15 is 0 Å². The fraction of sp³-hybridized carbons (Fsp3) is 0.200. The summed E-state index contributed by atoms with van der Waals surface area (Å²) in [5, 5.41) is 1.00. The number of fused-ring (bicyclic) bond motifs is 1. The lowest BCUT2D eigenvalue weighted by atomic mass is 10.2. The van der Waals surface area contributed by atoms with Crippen LogP contribution in [0.2, 0.25) is 0 Å². The van der Waals surface area contributed by atoms with Gasteiger partial charge >= 0.3 is 0 Å². The summed E-state index contributed by atoms with van der Waals surface area (Å²) < 4.78 is 23.4. The Balaban J connectivity index is 2.80. The molecule has 1 aromatic heterocycles. The molecule has 0 bridgehead atoms. The van der Waals surface area contributed by atoms with Gasteiger partial charge in [0.25, 0.3) is 0 Å². The third-order valence-corrected chi connectivity index (χ3v) is 1.91. The van der Waals surface area contributed by atoms with Gasteiger partial charge in [-0.3, -0.25) is 0 Å². The van der Waals surface area contributed by atoms with Crippen molar-refractivity contribution in [1.29, 1.82) is 0 Å². The molecule has 0 saturated carbocycles. The number of hydrogen-bond donors (Lipinski definition) is 0. The summed E-state index contributed by atoms with van der Waals surface area (Å²) in [6.07, 6.45) is 1.68. The molecule has 1 aromatic carbocycles. The lowest BCUT2D eigenvalue weighted by Gasteiger charge is -1.92. The second kappa shape index (κ2) is 2.12. The van der Waals surface area contributed by atoms with Crippen molar-refractivity contribution >= 4 is 10.9 Å². The fourth-order valence-corrected chi connectivity index (χ4v) is 1.35. The predicted molar refractivity (Wildman–Crippen MR) is 47.7 cm³/mol. The molecule has 0 atom stereocenters. The van der Waals surface area contributed by atoms with Crippen LogP contribution < -0.4 is 0 Å². The monoisotopic (exact) mass is 148 g/mol. The van der Waals surface area contributed by atoms with Crippen molar-refractivity contribution in [2.45, 2.75) is 6.92 Å². The molecule has 1 heterocycles. The minimum Gasteiger partial charge on any atom is -0.350 e. The Morgan fingerprint density at radius 1 is 1.36 bits per heavy atom. The first-order valence-electron chi connectivity index (χ1n) is 5.07. The summed E-state index contributed by atoms with van der Waals surface area (Å²) in [5.41, 5.74) is 1.77. The zero-order chi connectivity index (χ0) is 10.3. The Bertz CT molecular complexity index is 468. The van der Waals surface area contributed by atoms with Crippen LogP contribution in [0.1, 0.15) is 9.68 Å². The summed E-state index contributed by atoms with van der Waals surface area (Å²) in [4.78, 5) is 0. The van der Waals surface area contributed by atoms with E-state index in [0.29, 0.717) is 0 Å². The zero-order valence-electron chi connectivity index (χ0n) is 9.33. The van der Waals surface area contributed by atoms with Gasteiger partial charge in [-0.1, -0.05) is 18.2 Å². The largest absolute Gasteiger partial charge is 0.350 e. The number of hydrogen-bond acceptors (Lipinski definition) is 0. The van der Waals surface area contributed by atoms with Gasteiger partial charge in [-0.2, -0.15) is 0 Å². The Labute approximate surface area is 70.5 Å². The van der Waals surface area contributed by atoms with E-state index in [1.807, 2.05) is 31.2 Å². The minimum absolute atomic E-state index is 0.769. The van der Waals surface area contributed by atoms with E-state index in [9.17, 15) is 0 Å². The molecule has 11 heavy (non-hydrogen) atoms. The van der Waals surface area contributed by atoms with Crippen molar-refractivity contribution in [3.05, 3.63) is 36.0 Å². The summed E-state index contributed by atoms with van der Waals surface area (Å²) in [7, 11) is 0. The Morgan fingerprint density at radius 2 is 2.18 bits per heavy atom. The summed E-state index contributed by atoms with van der Waals surface area (Å²) in [6.45, 7) is -0.168. The highest BCUT2D eigenvalue weighted by Crippen LogP contribution is 2.18. The topological polar surface area (TPSA) is 4.93 Å². The van der Waals surface area contributed by atoms with Gasteiger partial charge in [-0.25, -0.2) is 0 Å². The fourth-order valence-electron chi connectivity index (χ4n) is 1.35. The number of benzene rings is 1. The van der Waals surface area contributed by atoms with Gasteiger partial charge in [0.15, 0.2) is 0 Å². The zero-order valence-corrected chi connectivity index (χ0v) is 6.33. The van der Waals surface area contributed by atoms with Crippen LogP contribution in [-0.2, 0) is 6.98 Å². The van der Waals surface area contributed by atoms with Gasteiger partial charge in [0.2, 0.25) is 0 Å². The van der Waals surface area contributed by atoms with Crippen LogP contribution in [0, 0.1) is 6.92 Å². The molecule has 0 fully saturated rings. The maximum atomic E-state index is 7.36. The standard InChI is InChI=1S/C10H11N/c1-8-7-11(2)10-6-4-3-5-9(8)10/h3-7H,1-2H3/i2D3. The SMILES string of the molecule is [2H]C([2H])([2H])n1cc(C)c2ccccc21. The van der Waals surface area contributed by atoms with Gasteiger partial charge in [0, 0.05) is 28.2 Å².